The lowest BCUT2D eigenvalue weighted by Gasteiger charge is -2.25. The summed E-state index contributed by atoms with van der Waals surface area (Å²) in [6.07, 6.45) is 2.13. The summed E-state index contributed by atoms with van der Waals surface area (Å²) in [5.74, 6) is 1.56. The van der Waals surface area contributed by atoms with E-state index < -0.39 is 9.73 Å². The van der Waals surface area contributed by atoms with Gasteiger partial charge in [0.05, 0.1) is 6.54 Å². The molecule has 1 fully saturated rings. The lowest BCUT2D eigenvalue weighted by Crippen LogP contribution is -2.37. The minimum absolute atomic E-state index is 0.0152. The highest BCUT2D eigenvalue weighted by molar-refractivity contribution is 7.93. The first kappa shape index (κ1) is 12.0. The number of nitrogens with two attached hydrogens (primary N) is 1. The van der Waals surface area contributed by atoms with Crippen LogP contribution in [0.4, 0.5) is 0 Å². The molecule has 0 unspecified atom stereocenters. The Balaban J connectivity index is 2.59. The van der Waals surface area contributed by atoms with Gasteiger partial charge in [-0.25, -0.2) is 8.57 Å². The predicted octanol–water partition coefficient (Wildman–Crippen LogP) is 1.62. The molecule has 0 spiro atoms. The SMILES string of the molecule is CC(C)(C)[C@H](N)CN=S1(=O)CCCC1. The van der Waals surface area contributed by atoms with E-state index in [2.05, 4.69) is 25.1 Å². The lowest BCUT2D eigenvalue weighted by atomic mass is 9.88. The van der Waals surface area contributed by atoms with Crippen LogP contribution in [0.3, 0.4) is 0 Å². The minimum atomic E-state index is -1.86. The first-order chi connectivity index (χ1) is 6.33. The molecular weight excluding hydrogens is 196 g/mol. The molecule has 1 heterocycles. The summed E-state index contributed by atoms with van der Waals surface area (Å²) in [5.41, 5.74) is 6.02. The number of hydrogen-bond donors (Lipinski definition) is 1. The van der Waals surface area contributed by atoms with Crippen molar-refractivity contribution in [2.24, 2.45) is 15.5 Å². The van der Waals surface area contributed by atoms with Crippen LogP contribution in [-0.4, -0.2) is 28.3 Å². The lowest BCUT2D eigenvalue weighted by molar-refractivity contribution is 0.327. The summed E-state index contributed by atoms with van der Waals surface area (Å²) in [5, 5.41) is 0. The third-order valence-corrected chi connectivity index (χ3v) is 5.27. The molecule has 1 aliphatic rings. The Hall–Kier alpha value is -0.0900. The van der Waals surface area contributed by atoms with Crippen LogP contribution in [0.5, 0.6) is 0 Å². The summed E-state index contributed by atoms with van der Waals surface area (Å²) in [6, 6.07) is 0.0152. The molecule has 0 aromatic heterocycles. The van der Waals surface area contributed by atoms with Crippen molar-refractivity contribution < 1.29 is 4.21 Å². The van der Waals surface area contributed by atoms with Crippen molar-refractivity contribution in [2.45, 2.75) is 39.7 Å². The predicted molar refractivity (Wildman–Crippen MR) is 61.8 cm³/mol. The average molecular weight is 218 g/mol. The van der Waals surface area contributed by atoms with Crippen molar-refractivity contribution in [2.75, 3.05) is 18.1 Å². The number of hydrogen-bond acceptors (Lipinski definition) is 3. The van der Waals surface area contributed by atoms with Gasteiger partial charge in [-0.15, -0.1) is 0 Å². The highest BCUT2D eigenvalue weighted by atomic mass is 32.2. The highest BCUT2D eigenvalue weighted by Gasteiger charge is 2.22. The molecule has 0 saturated carbocycles. The van der Waals surface area contributed by atoms with Crippen molar-refractivity contribution in [3.8, 4) is 0 Å². The fraction of sp³-hybridized carbons (Fsp3) is 1.00. The van der Waals surface area contributed by atoms with E-state index >= 15 is 0 Å². The maximum absolute atomic E-state index is 12.0. The Bertz CT molecular complexity index is 286. The van der Waals surface area contributed by atoms with Gasteiger partial charge in [0.1, 0.15) is 0 Å². The van der Waals surface area contributed by atoms with Crippen molar-refractivity contribution in [1.29, 1.82) is 0 Å². The Labute approximate surface area is 87.6 Å². The molecule has 0 bridgehead atoms. The molecule has 3 nitrogen and oxygen atoms in total. The van der Waals surface area contributed by atoms with E-state index in [1.165, 1.54) is 0 Å². The standard InChI is InChI=1S/C10H22N2OS/c1-10(2,3)9(11)8-12-14(13)6-4-5-7-14/h9H,4-8,11H2,1-3H3/t9-/m1/s1. The second-order valence-electron chi connectivity index (χ2n) is 5.17. The van der Waals surface area contributed by atoms with Crippen LogP contribution in [0.15, 0.2) is 4.36 Å². The minimum Gasteiger partial charge on any atom is -0.326 e. The Morgan fingerprint density at radius 1 is 1.36 bits per heavy atom. The van der Waals surface area contributed by atoms with E-state index in [1.54, 1.807) is 0 Å². The molecule has 0 amide bonds. The van der Waals surface area contributed by atoms with Crippen LogP contribution in [0.2, 0.25) is 0 Å². The van der Waals surface area contributed by atoms with Crippen LogP contribution in [-0.2, 0) is 9.73 Å². The molecule has 1 saturated heterocycles. The largest absolute Gasteiger partial charge is 0.326 e. The van der Waals surface area contributed by atoms with Gasteiger partial charge in [0, 0.05) is 27.3 Å². The number of nitrogens with zero attached hydrogens (tertiary/aromatic N) is 1. The van der Waals surface area contributed by atoms with Crippen LogP contribution < -0.4 is 5.73 Å². The summed E-state index contributed by atoms with van der Waals surface area (Å²) in [4.78, 5) is 0. The van der Waals surface area contributed by atoms with Gasteiger partial charge in [0.2, 0.25) is 0 Å². The molecule has 14 heavy (non-hydrogen) atoms. The first-order valence-corrected chi connectivity index (χ1v) is 7.13. The van der Waals surface area contributed by atoms with Gasteiger partial charge in [-0.2, -0.15) is 0 Å². The molecular formula is C10H22N2OS. The zero-order valence-electron chi connectivity index (χ0n) is 9.45. The van der Waals surface area contributed by atoms with Crippen LogP contribution in [0.25, 0.3) is 0 Å². The van der Waals surface area contributed by atoms with E-state index in [1.807, 2.05) is 0 Å². The van der Waals surface area contributed by atoms with Gasteiger partial charge in [-0.05, 0) is 18.3 Å². The average Bonchev–Trinajstić information content (AvgIpc) is 2.47. The van der Waals surface area contributed by atoms with Gasteiger partial charge in [0.15, 0.2) is 0 Å². The Morgan fingerprint density at radius 2 is 1.86 bits per heavy atom. The number of rotatable bonds is 2. The molecule has 2 N–H and O–H groups in total. The second kappa shape index (κ2) is 4.19. The fourth-order valence-corrected chi connectivity index (χ4v) is 3.58. The van der Waals surface area contributed by atoms with Crippen LogP contribution in [0.1, 0.15) is 33.6 Å². The topological polar surface area (TPSA) is 55.4 Å². The quantitative estimate of drug-likeness (QED) is 0.765. The zero-order valence-corrected chi connectivity index (χ0v) is 10.3. The summed E-state index contributed by atoms with van der Waals surface area (Å²) in [6.45, 7) is 6.82. The smallest absolute Gasteiger partial charge is 0.0640 e. The maximum atomic E-state index is 12.0. The van der Waals surface area contributed by atoms with Gasteiger partial charge in [-0.3, -0.25) is 0 Å². The van der Waals surface area contributed by atoms with Crippen molar-refractivity contribution in [3.63, 3.8) is 0 Å². The van der Waals surface area contributed by atoms with Crippen LogP contribution in [0, 0.1) is 5.41 Å². The van der Waals surface area contributed by atoms with Crippen molar-refractivity contribution in [1.82, 2.24) is 0 Å². The van der Waals surface area contributed by atoms with E-state index in [-0.39, 0.29) is 11.5 Å². The molecule has 84 valence electrons. The van der Waals surface area contributed by atoms with E-state index in [4.69, 9.17) is 5.73 Å². The summed E-state index contributed by atoms with van der Waals surface area (Å²) in [7, 11) is -1.86. The summed E-state index contributed by atoms with van der Waals surface area (Å²) < 4.78 is 16.3. The third kappa shape index (κ3) is 3.24. The van der Waals surface area contributed by atoms with Gasteiger partial charge in [0.25, 0.3) is 0 Å². The monoisotopic (exact) mass is 218 g/mol. The van der Waals surface area contributed by atoms with Crippen molar-refractivity contribution in [3.05, 3.63) is 0 Å². The second-order valence-corrected chi connectivity index (χ2v) is 7.79. The van der Waals surface area contributed by atoms with Gasteiger partial charge >= 0.3 is 0 Å². The van der Waals surface area contributed by atoms with Crippen molar-refractivity contribution >= 4 is 9.73 Å². The molecule has 0 aromatic carbocycles. The van der Waals surface area contributed by atoms with E-state index in [0.29, 0.717) is 6.54 Å². The highest BCUT2D eigenvalue weighted by Crippen LogP contribution is 2.19. The molecule has 4 heteroatoms. The molecule has 1 rings (SSSR count). The molecule has 0 aliphatic carbocycles. The molecule has 0 aromatic rings. The van der Waals surface area contributed by atoms with E-state index in [9.17, 15) is 4.21 Å². The fourth-order valence-electron chi connectivity index (χ4n) is 1.38. The normalized spacial score (nSPS) is 23.4. The molecule has 1 aliphatic heterocycles. The van der Waals surface area contributed by atoms with E-state index in [0.717, 1.165) is 24.3 Å². The zero-order chi connectivity index (χ0) is 10.8. The van der Waals surface area contributed by atoms with Gasteiger partial charge in [-0.1, -0.05) is 20.8 Å². The third-order valence-electron chi connectivity index (χ3n) is 2.80. The maximum Gasteiger partial charge on any atom is 0.0640 e. The molecule has 0 radical (unpaired) electrons. The summed E-state index contributed by atoms with van der Waals surface area (Å²) >= 11 is 0. The van der Waals surface area contributed by atoms with Crippen LogP contribution >= 0.6 is 0 Å². The Kier molecular flexibility index (Phi) is 3.58. The van der Waals surface area contributed by atoms with Gasteiger partial charge < -0.3 is 5.73 Å². The first-order valence-electron chi connectivity index (χ1n) is 5.27. The Morgan fingerprint density at radius 3 is 2.29 bits per heavy atom. The molecule has 1 atom stereocenters.